The number of halogens is 1. The quantitative estimate of drug-likeness (QED) is 0.829. The van der Waals surface area contributed by atoms with Crippen LogP contribution in [0.5, 0.6) is 0 Å². The molecule has 1 radical (unpaired) electrons. The third kappa shape index (κ3) is 4.53. The molecule has 1 unspecified atom stereocenters. The van der Waals surface area contributed by atoms with Gasteiger partial charge in [-0.2, -0.15) is 0 Å². The van der Waals surface area contributed by atoms with Crippen molar-refractivity contribution in [3.8, 4) is 0 Å². The minimum Gasteiger partial charge on any atom is -0.312 e. The smallest absolute Gasteiger partial charge is 0.312 e. The van der Waals surface area contributed by atoms with Gasteiger partial charge >= 0.3 is 6.03 Å². The second-order valence-electron chi connectivity index (χ2n) is 4.80. The molecule has 5 nitrogen and oxygen atoms in total. The highest BCUT2D eigenvalue weighted by Gasteiger charge is 2.23. The van der Waals surface area contributed by atoms with Gasteiger partial charge in [0.25, 0.3) is 5.91 Å². The van der Waals surface area contributed by atoms with Gasteiger partial charge in [0.15, 0.2) is 0 Å². The summed E-state index contributed by atoms with van der Waals surface area (Å²) in [7, 11) is 1.43. The van der Waals surface area contributed by atoms with Gasteiger partial charge in [-0.25, -0.2) is 4.79 Å². The van der Waals surface area contributed by atoms with Crippen LogP contribution in [0.25, 0.3) is 6.08 Å². The molecule has 0 saturated heterocycles. The fraction of sp³-hybridized carbons (Fsp3) is 0.118. The van der Waals surface area contributed by atoms with Gasteiger partial charge in [-0.05, 0) is 29.2 Å². The van der Waals surface area contributed by atoms with E-state index in [0.717, 1.165) is 4.90 Å². The van der Waals surface area contributed by atoms with Crippen molar-refractivity contribution < 1.29 is 14.4 Å². The Bertz CT molecular complexity index is 759. The summed E-state index contributed by atoms with van der Waals surface area (Å²) in [5, 5.41) is 4.48. The molecule has 24 heavy (non-hydrogen) atoms. The van der Waals surface area contributed by atoms with Crippen LogP contribution >= 0.6 is 22.9 Å². The highest BCUT2D eigenvalue weighted by atomic mass is 35.5. The fourth-order valence-electron chi connectivity index (χ4n) is 1.90. The lowest BCUT2D eigenvalue weighted by molar-refractivity contribution is -0.115. The van der Waals surface area contributed by atoms with Crippen molar-refractivity contribution in [2.45, 2.75) is 6.04 Å². The molecule has 0 saturated carbocycles. The van der Waals surface area contributed by atoms with E-state index in [-0.39, 0.29) is 0 Å². The molecule has 123 valence electrons. The number of hydrogen-bond acceptors (Lipinski definition) is 4. The molecule has 1 aromatic heterocycles. The largest absolute Gasteiger partial charge is 0.324 e. The van der Waals surface area contributed by atoms with Crippen molar-refractivity contribution in [3.05, 3.63) is 63.3 Å². The number of rotatable bonds is 5. The van der Waals surface area contributed by atoms with Crippen LogP contribution in [0, 0.1) is 0 Å². The number of benzene rings is 1. The van der Waals surface area contributed by atoms with E-state index in [1.54, 1.807) is 48.1 Å². The number of likely N-dealkylation sites (N-methyl/N-ethyl adjacent to an activating group) is 1. The molecule has 0 aliphatic carbocycles. The van der Waals surface area contributed by atoms with Crippen LogP contribution < -0.4 is 5.32 Å². The predicted octanol–water partition coefficient (Wildman–Crippen LogP) is 3.43. The zero-order chi connectivity index (χ0) is 17.5. The predicted molar refractivity (Wildman–Crippen MR) is 94.5 cm³/mol. The minimum atomic E-state index is -0.856. The summed E-state index contributed by atoms with van der Waals surface area (Å²) in [6.45, 7) is 0. The van der Waals surface area contributed by atoms with Crippen LogP contribution in [0.2, 0.25) is 5.02 Å². The Kier molecular flexibility index (Phi) is 6.28. The maximum absolute atomic E-state index is 12.1. The van der Waals surface area contributed by atoms with Crippen LogP contribution in [0.1, 0.15) is 16.5 Å². The van der Waals surface area contributed by atoms with Crippen molar-refractivity contribution in [3.63, 3.8) is 0 Å². The standard InChI is InChI=1S/C17H14ClN2O3S/c1-20(14(11-21)15-7-4-10-24-15)17(23)19-16(22)9-8-12-5-2-3-6-13(12)18/h2-10,14H,1H3,(H,19,22,23). The average molecular weight is 362 g/mol. The first-order valence-electron chi connectivity index (χ1n) is 6.94. The Hall–Kier alpha value is -2.44. The molecule has 1 heterocycles. The molecule has 1 aromatic carbocycles. The van der Waals surface area contributed by atoms with Crippen molar-refractivity contribution in [1.82, 2.24) is 10.2 Å². The van der Waals surface area contributed by atoms with E-state index in [2.05, 4.69) is 5.32 Å². The van der Waals surface area contributed by atoms with E-state index in [0.29, 0.717) is 15.5 Å². The summed E-state index contributed by atoms with van der Waals surface area (Å²) in [4.78, 5) is 36.9. The summed E-state index contributed by atoms with van der Waals surface area (Å²) < 4.78 is 0. The summed E-state index contributed by atoms with van der Waals surface area (Å²) >= 11 is 7.31. The average Bonchev–Trinajstić information content (AvgIpc) is 3.09. The van der Waals surface area contributed by atoms with E-state index < -0.39 is 18.0 Å². The number of urea groups is 1. The number of carbonyl (C=O) groups is 2. The number of carbonyl (C=O) groups excluding carboxylic acids is 3. The van der Waals surface area contributed by atoms with Crippen LogP contribution in [0.3, 0.4) is 0 Å². The molecule has 0 spiro atoms. The van der Waals surface area contributed by atoms with Crippen LogP contribution in [-0.2, 0) is 9.59 Å². The maximum Gasteiger partial charge on any atom is 0.324 e. The number of thiophene rings is 1. The molecular weight excluding hydrogens is 348 g/mol. The van der Waals surface area contributed by atoms with Crippen molar-refractivity contribution in [1.29, 1.82) is 0 Å². The number of hydrogen-bond donors (Lipinski definition) is 1. The first-order chi connectivity index (χ1) is 11.5. The zero-order valence-electron chi connectivity index (χ0n) is 12.7. The Morgan fingerprint density at radius 3 is 2.67 bits per heavy atom. The Morgan fingerprint density at radius 1 is 1.29 bits per heavy atom. The number of imide groups is 1. The zero-order valence-corrected chi connectivity index (χ0v) is 14.3. The highest BCUT2D eigenvalue weighted by molar-refractivity contribution is 7.10. The van der Waals surface area contributed by atoms with E-state index in [1.807, 2.05) is 0 Å². The van der Waals surface area contributed by atoms with Gasteiger partial charge in [-0.3, -0.25) is 14.9 Å². The second-order valence-corrected chi connectivity index (χ2v) is 6.18. The molecule has 1 atom stereocenters. The Labute approximate surface area is 148 Å². The molecule has 3 amide bonds. The number of nitrogens with zero attached hydrogens (tertiary/aromatic N) is 1. The molecule has 0 fully saturated rings. The summed E-state index contributed by atoms with van der Waals surface area (Å²) in [6, 6.07) is 8.96. The second kappa shape index (κ2) is 8.42. The Balaban J connectivity index is 1.99. The number of nitrogens with one attached hydrogen (secondary N) is 1. The van der Waals surface area contributed by atoms with Gasteiger partial charge in [0.05, 0.1) is 0 Å². The molecule has 0 aliphatic heterocycles. The van der Waals surface area contributed by atoms with Crippen LogP contribution in [-0.4, -0.2) is 30.2 Å². The molecule has 2 aromatic rings. The van der Waals surface area contributed by atoms with Gasteiger partial charge < -0.3 is 4.90 Å². The molecule has 7 heteroatoms. The molecular formula is C17H14ClN2O3S. The van der Waals surface area contributed by atoms with Gasteiger partial charge in [-0.1, -0.05) is 35.9 Å². The summed E-state index contributed by atoms with van der Waals surface area (Å²) in [5.74, 6) is -0.609. The van der Waals surface area contributed by atoms with Gasteiger partial charge in [-0.15, -0.1) is 11.3 Å². The SMILES string of the molecule is CN(C(=O)NC(=O)C=Cc1ccccc1Cl)C([C]=O)c1cccs1. The highest BCUT2D eigenvalue weighted by Crippen LogP contribution is 2.22. The molecule has 0 aliphatic rings. The fourth-order valence-corrected chi connectivity index (χ4v) is 2.91. The van der Waals surface area contributed by atoms with Crippen LogP contribution in [0.4, 0.5) is 4.79 Å². The van der Waals surface area contributed by atoms with E-state index >= 15 is 0 Å². The van der Waals surface area contributed by atoms with E-state index in [1.165, 1.54) is 30.5 Å². The van der Waals surface area contributed by atoms with Crippen molar-refractivity contribution in [2.24, 2.45) is 0 Å². The van der Waals surface area contributed by atoms with Gasteiger partial charge in [0.1, 0.15) is 6.04 Å². The van der Waals surface area contributed by atoms with Crippen molar-refractivity contribution in [2.75, 3.05) is 7.05 Å². The normalized spacial score (nSPS) is 11.9. The third-order valence-corrected chi connectivity index (χ3v) is 4.45. The van der Waals surface area contributed by atoms with E-state index in [9.17, 15) is 14.4 Å². The van der Waals surface area contributed by atoms with Crippen molar-refractivity contribution >= 4 is 47.2 Å². The third-order valence-electron chi connectivity index (χ3n) is 3.18. The first kappa shape index (κ1) is 17.9. The maximum atomic E-state index is 12.1. The molecule has 0 bridgehead atoms. The molecule has 2 rings (SSSR count). The lowest BCUT2D eigenvalue weighted by atomic mass is 10.2. The minimum absolute atomic E-state index is 0.498. The topological polar surface area (TPSA) is 66.5 Å². The van der Waals surface area contributed by atoms with E-state index in [4.69, 9.17) is 11.6 Å². The lowest BCUT2D eigenvalue weighted by Crippen LogP contribution is -2.42. The number of amides is 3. The van der Waals surface area contributed by atoms with Gasteiger partial charge in [0, 0.05) is 23.0 Å². The molecule has 1 N–H and O–H groups in total. The lowest BCUT2D eigenvalue weighted by Gasteiger charge is -2.21. The summed E-state index contributed by atoms with van der Waals surface area (Å²) in [5.41, 5.74) is 0.660. The van der Waals surface area contributed by atoms with Crippen LogP contribution in [0.15, 0.2) is 47.9 Å². The first-order valence-corrected chi connectivity index (χ1v) is 8.20. The monoisotopic (exact) mass is 361 g/mol. The summed E-state index contributed by atoms with van der Waals surface area (Å²) in [6.07, 6.45) is 4.52. The Morgan fingerprint density at radius 2 is 2.04 bits per heavy atom. The van der Waals surface area contributed by atoms with Gasteiger partial charge in [0.2, 0.25) is 6.29 Å².